The zero-order chi connectivity index (χ0) is 20.1. The third kappa shape index (κ3) is 9.68. The van der Waals surface area contributed by atoms with Gasteiger partial charge in [0.2, 0.25) is 0 Å². The van der Waals surface area contributed by atoms with E-state index < -0.39 is 0 Å². The number of allylic oxidation sites excluding steroid dienone is 7. The second kappa shape index (κ2) is 13.4. The molecule has 0 bridgehead atoms. The topological polar surface area (TPSA) is 0 Å². The van der Waals surface area contributed by atoms with Gasteiger partial charge in [0.05, 0.1) is 0 Å². The molecule has 1 aromatic carbocycles. The minimum Gasteiger partial charge on any atom is -0.121 e. The summed E-state index contributed by atoms with van der Waals surface area (Å²) >= 11 is 1.96. The first-order valence-corrected chi connectivity index (χ1v) is 11.0. The minimum atomic E-state index is 0.651. The number of hydrogen-bond donors (Lipinski definition) is 0. The summed E-state index contributed by atoms with van der Waals surface area (Å²) in [6, 6.07) is 8.62. The van der Waals surface area contributed by atoms with Crippen LogP contribution in [0.4, 0.5) is 0 Å². The molecule has 0 amide bonds. The highest BCUT2D eigenvalue weighted by Gasteiger charge is 2.11. The molecule has 0 spiro atoms. The Labute approximate surface area is 171 Å². The lowest BCUT2D eigenvalue weighted by Gasteiger charge is -2.18. The normalized spacial score (nSPS) is 14.3. The van der Waals surface area contributed by atoms with Crippen molar-refractivity contribution in [2.45, 2.75) is 52.4 Å². The predicted molar refractivity (Wildman–Crippen MR) is 126 cm³/mol. The van der Waals surface area contributed by atoms with Crippen LogP contribution in [0.5, 0.6) is 0 Å². The van der Waals surface area contributed by atoms with Crippen molar-refractivity contribution < 1.29 is 0 Å². The molecule has 0 unspecified atom stereocenters. The van der Waals surface area contributed by atoms with Gasteiger partial charge < -0.3 is 0 Å². The largest absolute Gasteiger partial charge is 0.121 e. The van der Waals surface area contributed by atoms with Gasteiger partial charge in [-0.05, 0) is 41.9 Å². The molecule has 0 saturated heterocycles. The van der Waals surface area contributed by atoms with Crippen molar-refractivity contribution in [1.82, 2.24) is 0 Å². The maximum Gasteiger partial charge on any atom is 0.0196 e. The van der Waals surface area contributed by atoms with Crippen LogP contribution in [0.1, 0.15) is 53.0 Å². The van der Waals surface area contributed by atoms with Gasteiger partial charge in [-0.2, -0.15) is 0 Å². The fourth-order valence-corrected chi connectivity index (χ4v) is 3.77. The SMILES string of the molecule is C=C/C=C(\C=C/C/C=C/C(C)C)CC.CC(C)C1=Cc2ccccc2SC1. The van der Waals surface area contributed by atoms with Crippen LogP contribution in [-0.2, 0) is 0 Å². The van der Waals surface area contributed by atoms with Crippen LogP contribution in [0.15, 0.2) is 83.3 Å². The molecule has 1 heteroatoms. The number of rotatable bonds is 7. The van der Waals surface area contributed by atoms with Crippen molar-refractivity contribution in [2.75, 3.05) is 5.75 Å². The number of thioether (sulfide) groups is 1. The van der Waals surface area contributed by atoms with Crippen LogP contribution in [-0.4, -0.2) is 5.75 Å². The predicted octanol–water partition coefficient (Wildman–Crippen LogP) is 8.50. The summed E-state index contributed by atoms with van der Waals surface area (Å²) in [4.78, 5) is 1.42. The highest BCUT2D eigenvalue weighted by Crippen LogP contribution is 2.33. The lowest BCUT2D eigenvalue weighted by Crippen LogP contribution is -2.01. The van der Waals surface area contributed by atoms with E-state index in [1.807, 2.05) is 17.8 Å². The fraction of sp³-hybridized carbons (Fsp3) is 0.385. The molecular formula is C26H36S. The van der Waals surface area contributed by atoms with Gasteiger partial charge in [-0.15, -0.1) is 11.8 Å². The van der Waals surface area contributed by atoms with Crippen molar-refractivity contribution in [3.63, 3.8) is 0 Å². The Bertz CT molecular complexity index is 684. The van der Waals surface area contributed by atoms with E-state index in [1.165, 1.54) is 16.0 Å². The molecule has 1 heterocycles. The second-order valence-corrected chi connectivity index (χ2v) is 8.36. The van der Waals surface area contributed by atoms with Crippen molar-refractivity contribution in [3.05, 3.63) is 84.0 Å². The molecule has 1 aromatic rings. The van der Waals surface area contributed by atoms with Crippen LogP contribution in [0.3, 0.4) is 0 Å². The highest BCUT2D eigenvalue weighted by molar-refractivity contribution is 7.99. The van der Waals surface area contributed by atoms with Gasteiger partial charge in [0.15, 0.2) is 0 Å². The summed E-state index contributed by atoms with van der Waals surface area (Å²) in [5.41, 5.74) is 4.28. The van der Waals surface area contributed by atoms with Crippen molar-refractivity contribution in [1.29, 1.82) is 0 Å². The summed E-state index contributed by atoms with van der Waals surface area (Å²) < 4.78 is 0. The molecular weight excluding hydrogens is 344 g/mol. The van der Waals surface area contributed by atoms with Crippen LogP contribution in [0.2, 0.25) is 0 Å². The minimum absolute atomic E-state index is 0.651. The molecule has 0 N–H and O–H groups in total. The lowest BCUT2D eigenvalue weighted by molar-refractivity contribution is 0.777. The summed E-state index contributed by atoms with van der Waals surface area (Å²) in [6.07, 6.45) is 17.1. The van der Waals surface area contributed by atoms with Crippen molar-refractivity contribution >= 4 is 17.8 Å². The molecule has 1 aliphatic heterocycles. The first-order valence-electron chi connectivity index (χ1n) is 10.0. The van der Waals surface area contributed by atoms with E-state index in [0.717, 1.165) is 18.6 Å². The fourth-order valence-electron chi connectivity index (χ4n) is 2.56. The zero-order valence-corrected chi connectivity index (χ0v) is 18.6. The summed E-state index contributed by atoms with van der Waals surface area (Å²) in [6.45, 7) is 14.8. The Morgan fingerprint density at radius 3 is 2.52 bits per heavy atom. The Balaban J connectivity index is 0.000000270. The standard InChI is InChI=1S/C14H22.C12H14S/c1-5-10-14(6-2)12-9-7-8-11-13(3)4;1-9(2)11-7-10-5-3-4-6-12(10)13-8-11/h5,8-13H,1,6-7H2,2-4H3;3-7,9H,8H2,1-2H3/b11-8+,12-9-,14-10-;. The van der Waals surface area contributed by atoms with Gasteiger partial charge in [0.1, 0.15) is 0 Å². The van der Waals surface area contributed by atoms with Crippen LogP contribution in [0.25, 0.3) is 6.08 Å². The molecule has 0 atom stereocenters. The molecule has 146 valence electrons. The second-order valence-electron chi connectivity index (χ2n) is 7.34. The number of benzene rings is 1. The Kier molecular flexibility index (Phi) is 11.6. The smallest absolute Gasteiger partial charge is 0.0196 e. The molecule has 0 radical (unpaired) electrons. The monoisotopic (exact) mass is 380 g/mol. The lowest BCUT2D eigenvalue weighted by atomic mass is 10.0. The van der Waals surface area contributed by atoms with E-state index in [1.54, 1.807) is 5.57 Å². The van der Waals surface area contributed by atoms with Gasteiger partial charge >= 0.3 is 0 Å². The average molecular weight is 381 g/mol. The third-order valence-electron chi connectivity index (χ3n) is 4.26. The van der Waals surface area contributed by atoms with Crippen LogP contribution >= 0.6 is 11.8 Å². The third-order valence-corrected chi connectivity index (χ3v) is 5.42. The molecule has 0 nitrogen and oxygen atoms in total. The van der Waals surface area contributed by atoms with E-state index in [2.05, 4.69) is 102 Å². The molecule has 0 aromatic heterocycles. The van der Waals surface area contributed by atoms with Gasteiger partial charge in [0, 0.05) is 10.6 Å². The molecule has 27 heavy (non-hydrogen) atoms. The Morgan fingerprint density at radius 1 is 1.15 bits per heavy atom. The van der Waals surface area contributed by atoms with E-state index in [9.17, 15) is 0 Å². The van der Waals surface area contributed by atoms with E-state index >= 15 is 0 Å². The van der Waals surface area contributed by atoms with Crippen molar-refractivity contribution in [3.8, 4) is 0 Å². The van der Waals surface area contributed by atoms with Gasteiger partial charge in [-0.3, -0.25) is 0 Å². The van der Waals surface area contributed by atoms with Gasteiger partial charge in [0.25, 0.3) is 0 Å². The Hall–Kier alpha value is -1.73. The van der Waals surface area contributed by atoms with Crippen LogP contribution in [0, 0.1) is 11.8 Å². The quantitative estimate of drug-likeness (QED) is 0.337. The number of fused-ring (bicyclic) bond motifs is 1. The molecule has 0 fully saturated rings. The number of hydrogen-bond acceptors (Lipinski definition) is 1. The van der Waals surface area contributed by atoms with Gasteiger partial charge in [-0.25, -0.2) is 0 Å². The van der Waals surface area contributed by atoms with Crippen LogP contribution < -0.4 is 0 Å². The first kappa shape index (κ1) is 23.3. The zero-order valence-electron chi connectivity index (χ0n) is 17.7. The van der Waals surface area contributed by atoms with E-state index in [0.29, 0.717) is 11.8 Å². The average Bonchev–Trinajstić information content (AvgIpc) is 2.66. The summed E-state index contributed by atoms with van der Waals surface area (Å²) in [7, 11) is 0. The van der Waals surface area contributed by atoms with Crippen molar-refractivity contribution in [2.24, 2.45) is 11.8 Å². The molecule has 0 aliphatic carbocycles. The first-order chi connectivity index (χ1) is 13.0. The van der Waals surface area contributed by atoms with Gasteiger partial charge in [-0.1, -0.05) is 108 Å². The van der Waals surface area contributed by atoms with E-state index in [4.69, 9.17) is 0 Å². The van der Waals surface area contributed by atoms with E-state index in [-0.39, 0.29) is 0 Å². The Morgan fingerprint density at radius 2 is 1.89 bits per heavy atom. The highest BCUT2D eigenvalue weighted by atomic mass is 32.2. The molecule has 2 rings (SSSR count). The molecule has 1 aliphatic rings. The molecule has 0 saturated carbocycles. The maximum absolute atomic E-state index is 3.69. The maximum atomic E-state index is 3.69. The summed E-state index contributed by atoms with van der Waals surface area (Å²) in [5.74, 6) is 2.49. The summed E-state index contributed by atoms with van der Waals surface area (Å²) in [5, 5.41) is 0.